The van der Waals surface area contributed by atoms with Crippen LogP contribution in [0.15, 0.2) is 0 Å². The molecule has 0 aliphatic heterocycles. The Morgan fingerprint density at radius 1 is 1.19 bits per heavy atom. The van der Waals surface area contributed by atoms with E-state index in [-0.39, 0.29) is 0 Å². The van der Waals surface area contributed by atoms with Gasteiger partial charge < -0.3 is 0 Å². The van der Waals surface area contributed by atoms with E-state index >= 15 is 0 Å². The minimum Gasteiger partial charge on any atom is -0.299 e. The SMILES string of the molecule is CCCN(CC1CC1)C1CCCCC1C#N. The molecule has 2 nitrogen and oxygen atoms in total. The second-order valence-electron chi connectivity index (χ2n) is 5.53. The van der Waals surface area contributed by atoms with Crippen LogP contribution in [0.2, 0.25) is 0 Å². The van der Waals surface area contributed by atoms with Crippen LogP contribution in [0.4, 0.5) is 0 Å². The van der Waals surface area contributed by atoms with Crippen LogP contribution in [-0.4, -0.2) is 24.0 Å². The van der Waals surface area contributed by atoms with Crippen molar-refractivity contribution in [3.63, 3.8) is 0 Å². The lowest BCUT2D eigenvalue weighted by atomic mass is 9.84. The minimum atomic E-state index is 0.305. The van der Waals surface area contributed by atoms with Gasteiger partial charge in [0.2, 0.25) is 0 Å². The van der Waals surface area contributed by atoms with Crippen LogP contribution in [0.3, 0.4) is 0 Å². The van der Waals surface area contributed by atoms with Crippen LogP contribution in [-0.2, 0) is 0 Å². The van der Waals surface area contributed by atoms with Crippen molar-refractivity contribution in [3.05, 3.63) is 0 Å². The number of hydrogen-bond acceptors (Lipinski definition) is 2. The van der Waals surface area contributed by atoms with Gasteiger partial charge in [-0.15, -0.1) is 0 Å². The highest BCUT2D eigenvalue weighted by molar-refractivity contribution is 4.96. The highest BCUT2D eigenvalue weighted by atomic mass is 15.2. The molecule has 0 radical (unpaired) electrons. The average molecular weight is 220 g/mol. The summed E-state index contributed by atoms with van der Waals surface area (Å²) in [6, 6.07) is 3.11. The summed E-state index contributed by atoms with van der Waals surface area (Å²) >= 11 is 0. The van der Waals surface area contributed by atoms with Gasteiger partial charge in [0.05, 0.1) is 12.0 Å². The molecule has 0 heterocycles. The number of nitriles is 1. The maximum atomic E-state index is 9.25. The summed E-state index contributed by atoms with van der Waals surface area (Å²) in [5, 5.41) is 9.25. The number of nitrogens with zero attached hydrogens (tertiary/aromatic N) is 2. The number of hydrogen-bond donors (Lipinski definition) is 0. The van der Waals surface area contributed by atoms with Gasteiger partial charge in [-0.25, -0.2) is 0 Å². The summed E-state index contributed by atoms with van der Waals surface area (Å²) in [5.74, 6) is 1.26. The molecular weight excluding hydrogens is 196 g/mol. The molecule has 2 saturated carbocycles. The Labute approximate surface area is 99.6 Å². The van der Waals surface area contributed by atoms with Crippen molar-refractivity contribution in [2.75, 3.05) is 13.1 Å². The first-order valence-corrected chi connectivity index (χ1v) is 6.98. The van der Waals surface area contributed by atoms with E-state index in [1.165, 1.54) is 51.6 Å². The standard InChI is InChI=1S/C14H24N2/c1-2-9-16(11-12-7-8-12)14-6-4-3-5-13(14)10-15/h12-14H,2-9,11H2,1H3. The van der Waals surface area contributed by atoms with Crippen molar-refractivity contribution < 1.29 is 0 Å². The van der Waals surface area contributed by atoms with E-state index < -0.39 is 0 Å². The molecule has 2 heteroatoms. The van der Waals surface area contributed by atoms with Gasteiger partial charge in [-0.05, 0) is 44.6 Å². The van der Waals surface area contributed by atoms with Gasteiger partial charge in [0.15, 0.2) is 0 Å². The van der Waals surface area contributed by atoms with Crippen molar-refractivity contribution in [2.45, 2.75) is 57.9 Å². The van der Waals surface area contributed by atoms with Crippen molar-refractivity contribution in [2.24, 2.45) is 11.8 Å². The monoisotopic (exact) mass is 220 g/mol. The predicted molar refractivity (Wildman–Crippen MR) is 65.9 cm³/mol. The fourth-order valence-corrected chi connectivity index (χ4v) is 3.01. The van der Waals surface area contributed by atoms with E-state index in [0.717, 1.165) is 12.3 Å². The van der Waals surface area contributed by atoms with Crippen molar-refractivity contribution in [1.82, 2.24) is 4.90 Å². The second-order valence-corrected chi connectivity index (χ2v) is 5.53. The van der Waals surface area contributed by atoms with Crippen LogP contribution in [0.1, 0.15) is 51.9 Å². The topological polar surface area (TPSA) is 27.0 Å². The maximum Gasteiger partial charge on any atom is 0.0672 e. The molecule has 0 N–H and O–H groups in total. The Morgan fingerprint density at radius 3 is 2.56 bits per heavy atom. The normalized spacial score (nSPS) is 30.3. The van der Waals surface area contributed by atoms with Gasteiger partial charge in [0.25, 0.3) is 0 Å². The van der Waals surface area contributed by atoms with Gasteiger partial charge in [0.1, 0.15) is 0 Å². The Hall–Kier alpha value is -0.550. The van der Waals surface area contributed by atoms with Crippen LogP contribution < -0.4 is 0 Å². The zero-order valence-corrected chi connectivity index (χ0v) is 10.5. The fraction of sp³-hybridized carbons (Fsp3) is 0.929. The zero-order chi connectivity index (χ0) is 11.4. The quantitative estimate of drug-likeness (QED) is 0.711. The molecule has 2 unspecified atom stereocenters. The molecule has 0 spiro atoms. The van der Waals surface area contributed by atoms with Crippen LogP contribution in [0.5, 0.6) is 0 Å². The van der Waals surface area contributed by atoms with Gasteiger partial charge in [-0.3, -0.25) is 4.90 Å². The third-order valence-electron chi connectivity index (χ3n) is 4.06. The molecule has 0 amide bonds. The minimum absolute atomic E-state index is 0.305. The molecule has 2 rings (SSSR count). The first-order valence-electron chi connectivity index (χ1n) is 6.98. The Bertz CT molecular complexity index is 252. The summed E-state index contributed by atoms with van der Waals surface area (Å²) in [7, 11) is 0. The highest BCUT2D eigenvalue weighted by Gasteiger charge is 2.33. The van der Waals surface area contributed by atoms with Crippen LogP contribution in [0.25, 0.3) is 0 Å². The number of rotatable bonds is 5. The molecule has 90 valence electrons. The fourth-order valence-electron chi connectivity index (χ4n) is 3.01. The molecule has 0 bridgehead atoms. The van der Waals surface area contributed by atoms with E-state index in [4.69, 9.17) is 0 Å². The van der Waals surface area contributed by atoms with E-state index in [9.17, 15) is 5.26 Å². The van der Waals surface area contributed by atoms with E-state index in [2.05, 4.69) is 17.9 Å². The van der Waals surface area contributed by atoms with Crippen molar-refractivity contribution >= 4 is 0 Å². The van der Waals surface area contributed by atoms with Gasteiger partial charge >= 0.3 is 0 Å². The van der Waals surface area contributed by atoms with Gasteiger partial charge in [-0.1, -0.05) is 19.8 Å². The first-order chi connectivity index (χ1) is 7.85. The Morgan fingerprint density at radius 2 is 1.94 bits per heavy atom. The molecule has 0 saturated heterocycles. The van der Waals surface area contributed by atoms with Gasteiger partial charge in [-0.2, -0.15) is 5.26 Å². The summed E-state index contributed by atoms with van der Waals surface area (Å²) in [6.45, 7) is 4.71. The van der Waals surface area contributed by atoms with Gasteiger partial charge in [0, 0.05) is 12.6 Å². The first kappa shape index (κ1) is 11.9. The largest absolute Gasteiger partial charge is 0.299 e. The molecule has 2 aliphatic carbocycles. The Balaban J connectivity index is 1.95. The van der Waals surface area contributed by atoms with Crippen LogP contribution >= 0.6 is 0 Å². The Kier molecular flexibility index (Phi) is 4.23. The smallest absolute Gasteiger partial charge is 0.0672 e. The lowest BCUT2D eigenvalue weighted by Crippen LogP contribution is -2.43. The average Bonchev–Trinajstić information content (AvgIpc) is 3.12. The molecule has 2 fully saturated rings. The van der Waals surface area contributed by atoms with E-state index in [1.807, 2.05) is 0 Å². The molecule has 0 aromatic carbocycles. The van der Waals surface area contributed by atoms with Crippen molar-refractivity contribution in [1.29, 1.82) is 5.26 Å². The predicted octanol–water partition coefficient (Wildman–Crippen LogP) is 3.19. The second kappa shape index (κ2) is 5.68. The molecule has 0 aromatic rings. The molecule has 0 aromatic heterocycles. The summed E-state index contributed by atoms with van der Waals surface area (Å²) < 4.78 is 0. The summed E-state index contributed by atoms with van der Waals surface area (Å²) in [4.78, 5) is 2.63. The van der Waals surface area contributed by atoms with Crippen molar-refractivity contribution in [3.8, 4) is 6.07 Å². The van der Waals surface area contributed by atoms with Crippen LogP contribution in [0, 0.1) is 23.2 Å². The lowest BCUT2D eigenvalue weighted by molar-refractivity contribution is 0.121. The van der Waals surface area contributed by atoms with E-state index in [0.29, 0.717) is 12.0 Å². The lowest BCUT2D eigenvalue weighted by Gasteiger charge is -2.37. The third kappa shape index (κ3) is 2.98. The zero-order valence-electron chi connectivity index (χ0n) is 10.5. The van der Waals surface area contributed by atoms with E-state index in [1.54, 1.807) is 0 Å². The summed E-state index contributed by atoms with van der Waals surface area (Å²) in [6.07, 6.45) is 9.04. The summed E-state index contributed by atoms with van der Waals surface area (Å²) in [5.41, 5.74) is 0. The third-order valence-corrected chi connectivity index (χ3v) is 4.06. The molecule has 16 heavy (non-hydrogen) atoms. The molecule has 2 aliphatic rings. The molecular formula is C14H24N2. The molecule has 2 atom stereocenters. The maximum absolute atomic E-state index is 9.25. The highest BCUT2D eigenvalue weighted by Crippen LogP contribution is 2.34.